The predicted octanol–water partition coefficient (Wildman–Crippen LogP) is 3.37. The number of hydrogen-bond acceptors (Lipinski definition) is 8. The molecule has 0 N–H and O–H groups in total. The fraction of sp³-hybridized carbons (Fsp3) is 0.875. The third kappa shape index (κ3) is 8.84. The number of halogens is 6. The van der Waals surface area contributed by atoms with Crippen LogP contribution in [0.4, 0.5) is 26.3 Å². The average Bonchev–Trinajstić information content (AvgIpc) is 2.70. The molecule has 202 valence electrons. The minimum Gasteiger partial charge on any atom is -0.260 e. The Morgan fingerprint density at radius 2 is 0.912 bits per heavy atom. The quantitative estimate of drug-likeness (QED) is 0.139. The van der Waals surface area contributed by atoms with E-state index in [2.05, 4.69) is 9.68 Å². The molecule has 0 rings (SSSR count). The molecule has 34 heavy (non-hydrogen) atoms. The molecule has 18 heteroatoms. The highest BCUT2D eigenvalue weighted by Gasteiger charge is 2.58. The van der Waals surface area contributed by atoms with Gasteiger partial charge >= 0.3 is 42.9 Å². The zero-order valence-corrected chi connectivity index (χ0v) is 19.9. The van der Waals surface area contributed by atoms with Crippen molar-refractivity contribution in [1.29, 1.82) is 0 Å². The molecule has 0 unspecified atom stereocenters. The van der Waals surface area contributed by atoms with Crippen LogP contribution in [0.15, 0.2) is 0 Å². The molecule has 0 saturated carbocycles. The molecule has 0 heterocycles. The van der Waals surface area contributed by atoms with Crippen LogP contribution in [0.1, 0.15) is 65.2 Å². The lowest BCUT2D eigenvalue weighted by molar-refractivity contribution is -0.186. The second-order valence-electron chi connectivity index (χ2n) is 6.75. The summed E-state index contributed by atoms with van der Waals surface area (Å²) in [5.41, 5.74) is -12.4. The molecule has 0 saturated heterocycles. The molecule has 0 radical (unpaired) electrons. The van der Waals surface area contributed by atoms with E-state index < -0.39 is 65.0 Å². The van der Waals surface area contributed by atoms with E-state index in [9.17, 15) is 52.8 Å². The first kappa shape index (κ1) is 32.3. The van der Waals surface area contributed by atoms with Gasteiger partial charge in [-0.2, -0.15) is 43.2 Å². The van der Waals surface area contributed by atoms with E-state index in [1.807, 2.05) is 0 Å². The SMILES string of the molecule is CCCCCCON(C(=O)C(=O)N(OCCCCCC)S(=O)(=O)C(F)(F)F)S(=O)(=O)C(F)(F)F. The molecule has 0 atom stereocenters. The van der Waals surface area contributed by atoms with Gasteiger partial charge < -0.3 is 0 Å². The van der Waals surface area contributed by atoms with Gasteiger partial charge in [-0.05, 0) is 12.8 Å². The van der Waals surface area contributed by atoms with Gasteiger partial charge in [-0.1, -0.05) is 61.3 Å². The Kier molecular flexibility index (Phi) is 12.8. The molecule has 0 aromatic carbocycles. The average molecular weight is 553 g/mol. The van der Waals surface area contributed by atoms with Crippen molar-refractivity contribution in [3.63, 3.8) is 0 Å². The summed E-state index contributed by atoms with van der Waals surface area (Å²) in [6.07, 6.45) is 2.86. The van der Waals surface area contributed by atoms with E-state index >= 15 is 0 Å². The topological polar surface area (TPSA) is 127 Å². The lowest BCUT2D eigenvalue weighted by atomic mass is 10.2. The Balaban J connectivity index is 6.04. The van der Waals surface area contributed by atoms with Crippen molar-refractivity contribution in [2.75, 3.05) is 13.2 Å². The van der Waals surface area contributed by atoms with E-state index in [1.165, 1.54) is 0 Å². The minimum absolute atomic E-state index is 0.0856. The fourth-order valence-corrected chi connectivity index (χ4v) is 3.57. The lowest BCUT2D eigenvalue weighted by Gasteiger charge is -2.25. The third-order valence-corrected chi connectivity index (χ3v) is 6.53. The lowest BCUT2D eigenvalue weighted by Crippen LogP contribution is -2.54. The first-order valence-corrected chi connectivity index (χ1v) is 12.9. The molecule has 0 fully saturated rings. The van der Waals surface area contributed by atoms with Gasteiger partial charge in [-0.25, -0.2) is 0 Å². The van der Waals surface area contributed by atoms with Crippen LogP contribution < -0.4 is 0 Å². The molecule has 0 aliphatic rings. The van der Waals surface area contributed by atoms with Gasteiger partial charge in [0.25, 0.3) is 0 Å². The number of carbonyl (C=O) groups is 2. The highest BCUT2D eigenvalue weighted by molar-refractivity contribution is 7.91. The summed E-state index contributed by atoms with van der Waals surface area (Å²) in [5, 5.41) is 0. The van der Waals surface area contributed by atoms with Crippen LogP contribution in [0, 0.1) is 0 Å². The van der Waals surface area contributed by atoms with Crippen LogP contribution in [-0.2, 0) is 39.3 Å². The summed E-state index contributed by atoms with van der Waals surface area (Å²) < 4.78 is 122. The number of hydrogen-bond donors (Lipinski definition) is 0. The van der Waals surface area contributed by atoms with Crippen molar-refractivity contribution >= 4 is 31.9 Å². The van der Waals surface area contributed by atoms with Gasteiger partial charge in [0.2, 0.25) is 0 Å². The minimum atomic E-state index is -6.74. The van der Waals surface area contributed by atoms with E-state index in [1.54, 1.807) is 13.8 Å². The highest BCUT2D eigenvalue weighted by atomic mass is 32.2. The summed E-state index contributed by atoms with van der Waals surface area (Å²) in [6.45, 7) is 1.83. The maximum Gasteiger partial charge on any atom is 0.519 e. The monoisotopic (exact) mass is 552 g/mol. The van der Waals surface area contributed by atoms with E-state index in [-0.39, 0.29) is 12.8 Å². The van der Waals surface area contributed by atoms with Crippen molar-refractivity contribution in [3.05, 3.63) is 0 Å². The maximum absolute atomic E-state index is 13.0. The van der Waals surface area contributed by atoms with Gasteiger partial charge in [-0.15, -0.1) is 0 Å². The Morgan fingerprint density at radius 1 is 0.618 bits per heavy atom. The van der Waals surface area contributed by atoms with Crippen LogP contribution in [0.2, 0.25) is 0 Å². The molecule has 0 aliphatic heterocycles. The zero-order valence-electron chi connectivity index (χ0n) is 18.3. The predicted molar refractivity (Wildman–Crippen MR) is 104 cm³/mol. The van der Waals surface area contributed by atoms with Crippen molar-refractivity contribution in [3.8, 4) is 0 Å². The Morgan fingerprint density at radius 3 is 1.15 bits per heavy atom. The van der Waals surface area contributed by atoms with Crippen molar-refractivity contribution in [1.82, 2.24) is 8.94 Å². The zero-order chi connectivity index (χ0) is 26.8. The maximum atomic E-state index is 13.0. The van der Waals surface area contributed by atoms with Crippen LogP contribution in [-0.4, -0.2) is 61.8 Å². The molecule has 10 nitrogen and oxygen atoms in total. The molecule has 0 aliphatic carbocycles. The largest absolute Gasteiger partial charge is 0.519 e. The van der Waals surface area contributed by atoms with Crippen molar-refractivity contribution in [2.24, 2.45) is 0 Å². The Bertz CT molecular complexity index is 803. The molecular weight excluding hydrogens is 526 g/mol. The molecule has 0 aromatic rings. The second-order valence-corrected chi connectivity index (χ2v) is 10.2. The molecule has 0 bridgehead atoms. The number of amides is 2. The number of rotatable bonds is 14. The van der Waals surface area contributed by atoms with Crippen molar-refractivity contribution < 1.29 is 62.4 Å². The molecular formula is C16H26F6N2O8S2. The number of alkyl halides is 6. The van der Waals surface area contributed by atoms with E-state index in [4.69, 9.17) is 0 Å². The number of sulfonamides is 2. The number of unbranched alkanes of at least 4 members (excludes halogenated alkanes) is 6. The van der Waals surface area contributed by atoms with Gasteiger partial charge in [0.05, 0.1) is 13.2 Å². The second kappa shape index (κ2) is 13.4. The van der Waals surface area contributed by atoms with Crippen LogP contribution >= 0.6 is 0 Å². The first-order valence-electron chi connectivity index (χ1n) is 10.0. The standard InChI is InChI=1S/C16H26F6N2O8S2/c1-3-5-7-9-11-31-23(33(27,28)15(17,18)19)13(25)14(26)24(32-12-10-8-6-4-2)34(29,30)16(20,21)22/h3-12H2,1-2H3. The molecule has 2 amide bonds. The van der Waals surface area contributed by atoms with Crippen LogP contribution in [0.3, 0.4) is 0 Å². The van der Waals surface area contributed by atoms with Crippen molar-refractivity contribution in [2.45, 2.75) is 76.2 Å². The smallest absolute Gasteiger partial charge is 0.260 e. The van der Waals surface area contributed by atoms with Crippen LogP contribution in [0.25, 0.3) is 0 Å². The molecule has 0 aromatic heterocycles. The summed E-state index contributed by atoms with van der Waals surface area (Å²) in [5.74, 6) is -5.73. The summed E-state index contributed by atoms with van der Waals surface area (Å²) in [6, 6.07) is 0. The van der Waals surface area contributed by atoms with E-state index in [0.717, 1.165) is 0 Å². The Labute approximate surface area is 193 Å². The summed E-state index contributed by atoms with van der Waals surface area (Å²) in [7, 11) is -13.5. The van der Waals surface area contributed by atoms with E-state index in [0.29, 0.717) is 38.5 Å². The number of nitrogens with zero attached hydrogens (tertiary/aromatic N) is 2. The molecule has 0 spiro atoms. The normalized spacial score (nSPS) is 13.1. The Hall–Kier alpha value is -1.66. The highest BCUT2D eigenvalue weighted by Crippen LogP contribution is 2.30. The summed E-state index contributed by atoms with van der Waals surface area (Å²) in [4.78, 5) is 33.0. The van der Waals surface area contributed by atoms with Gasteiger partial charge in [0, 0.05) is 0 Å². The number of carbonyl (C=O) groups excluding carboxylic acids is 2. The van der Waals surface area contributed by atoms with Crippen LogP contribution in [0.5, 0.6) is 0 Å². The van der Waals surface area contributed by atoms with Gasteiger partial charge in [0.15, 0.2) is 0 Å². The first-order chi connectivity index (χ1) is 15.5. The third-order valence-electron chi connectivity index (χ3n) is 3.95. The number of hydroxylamine groups is 2. The fourth-order valence-electron chi connectivity index (χ4n) is 2.17. The van der Waals surface area contributed by atoms with Gasteiger partial charge in [-0.3, -0.25) is 19.3 Å². The van der Waals surface area contributed by atoms with Gasteiger partial charge in [0.1, 0.15) is 0 Å². The summed E-state index contributed by atoms with van der Waals surface area (Å²) >= 11 is 0.